The van der Waals surface area contributed by atoms with E-state index in [1.54, 1.807) is 11.8 Å². The van der Waals surface area contributed by atoms with Crippen molar-refractivity contribution < 1.29 is 14.6 Å². The fraction of sp³-hybridized carbons (Fsp3) is 0.500. The van der Waals surface area contributed by atoms with E-state index in [1.165, 1.54) is 0 Å². The van der Waals surface area contributed by atoms with Crippen LogP contribution in [0.25, 0.3) is 0 Å². The van der Waals surface area contributed by atoms with E-state index >= 15 is 0 Å². The lowest BCUT2D eigenvalue weighted by Gasteiger charge is -2.33. The Morgan fingerprint density at radius 1 is 1.47 bits per heavy atom. The molecule has 0 spiro atoms. The van der Waals surface area contributed by atoms with E-state index in [-0.39, 0.29) is 18.4 Å². The van der Waals surface area contributed by atoms with Crippen molar-refractivity contribution in [1.82, 2.24) is 4.90 Å². The normalized spacial score (nSPS) is 20.4. The number of thioether (sulfide) groups is 1. The molecule has 0 aliphatic carbocycles. The van der Waals surface area contributed by atoms with Crippen LogP contribution >= 0.6 is 11.8 Å². The van der Waals surface area contributed by atoms with Gasteiger partial charge in [0.1, 0.15) is 0 Å². The summed E-state index contributed by atoms with van der Waals surface area (Å²) in [6, 6.07) is 7.58. The number of carbonyl (C=O) groups excluding carboxylic acids is 1. The molecule has 1 N–H and O–H groups in total. The van der Waals surface area contributed by atoms with Crippen LogP contribution in [0.3, 0.4) is 0 Å². The topological polar surface area (TPSA) is 49.8 Å². The molecule has 104 valence electrons. The fourth-order valence-corrected chi connectivity index (χ4v) is 2.53. The summed E-state index contributed by atoms with van der Waals surface area (Å²) < 4.78 is 5.31. The predicted octanol–water partition coefficient (Wildman–Crippen LogP) is 1.28. The number of rotatable bonds is 5. The average molecular weight is 281 g/mol. The first-order valence-electron chi connectivity index (χ1n) is 6.34. The van der Waals surface area contributed by atoms with Crippen molar-refractivity contribution in [2.45, 2.75) is 10.9 Å². The maximum absolute atomic E-state index is 12.2. The number of aliphatic hydroxyl groups is 1. The molecule has 0 radical (unpaired) electrons. The minimum atomic E-state index is -0.0665. The number of hydrogen-bond acceptors (Lipinski definition) is 5. The summed E-state index contributed by atoms with van der Waals surface area (Å²) in [6.07, 6.45) is 2.01. The fourth-order valence-electron chi connectivity index (χ4n) is 2.12. The molecule has 2 rings (SSSR count). The number of ketones is 1. The van der Waals surface area contributed by atoms with Gasteiger partial charge in [-0.25, -0.2) is 0 Å². The zero-order valence-electron chi connectivity index (χ0n) is 11.0. The Hall–Kier alpha value is -0.880. The van der Waals surface area contributed by atoms with Crippen molar-refractivity contribution in [3.63, 3.8) is 0 Å². The van der Waals surface area contributed by atoms with Crippen molar-refractivity contribution in [2.24, 2.45) is 0 Å². The van der Waals surface area contributed by atoms with Gasteiger partial charge in [-0.15, -0.1) is 11.8 Å². The first-order chi connectivity index (χ1) is 9.24. The van der Waals surface area contributed by atoms with Gasteiger partial charge in [0.05, 0.1) is 32.4 Å². The highest BCUT2D eigenvalue weighted by atomic mass is 32.2. The van der Waals surface area contributed by atoms with Crippen LogP contribution in [-0.4, -0.2) is 61.0 Å². The van der Waals surface area contributed by atoms with Gasteiger partial charge in [-0.1, -0.05) is 12.1 Å². The largest absolute Gasteiger partial charge is 0.395 e. The van der Waals surface area contributed by atoms with Gasteiger partial charge in [-0.05, 0) is 18.4 Å². The highest BCUT2D eigenvalue weighted by molar-refractivity contribution is 7.98. The Morgan fingerprint density at radius 2 is 2.21 bits per heavy atom. The average Bonchev–Trinajstić information content (AvgIpc) is 2.48. The number of morpholine rings is 1. The van der Waals surface area contributed by atoms with Gasteiger partial charge in [0.2, 0.25) is 0 Å². The first kappa shape index (κ1) is 14.5. The van der Waals surface area contributed by atoms with Crippen LogP contribution in [0.15, 0.2) is 29.2 Å². The molecular weight excluding hydrogens is 262 g/mol. The maximum Gasteiger partial charge on any atom is 0.176 e. The third kappa shape index (κ3) is 3.79. The summed E-state index contributed by atoms with van der Waals surface area (Å²) in [6.45, 7) is 2.18. The SMILES string of the molecule is CSc1ccc(C(=O)CN2CCOCC2CO)cc1. The summed E-state index contributed by atoms with van der Waals surface area (Å²) in [5.41, 5.74) is 0.723. The molecule has 0 amide bonds. The molecule has 4 nitrogen and oxygen atoms in total. The van der Waals surface area contributed by atoms with Crippen LogP contribution < -0.4 is 0 Å². The van der Waals surface area contributed by atoms with E-state index < -0.39 is 0 Å². The van der Waals surface area contributed by atoms with Gasteiger partial charge < -0.3 is 9.84 Å². The second-order valence-electron chi connectivity index (χ2n) is 4.53. The van der Waals surface area contributed by atoms with Crippen LogP contribution in [0.1, 0.15) is 10.4 Å². The summed E-state index contributed by atoms with van der Waals surface area (Å²) in [7, 11) is 0. The highest BCUT2D eigenvalue weighted by Gasteiger charge is 2.24. The standard InChI is InChI=1S/C14H19NO3S/c1-19-13-4-2-11(3-5-13)14(17)8-15-6-7-18-10-12(15)9-16/h2-5,12,16H,6-10H2,1H3. The molecule has 0 bridgehead atoms. The zero-order valence-corrected chi connectivity index (χ0v) is 11.9. The molecule has 1 saturated heterocycles. The number of nitrogens with zero attached hydrogens (tertiary/aromatic N) is 1. The third-order valence-electron chi connectivity index (χ3n) is 3.32. The van der Waals surface area contributed by atoms with Gasteiger partial charge in [0, 0.05) is 17.0 Å². The molecule has 1 atom stereocenters. The predicted molar refractivity (Wildman–Crippen MR) is 75.8 cm³/mol. The van der Waals surface area contributed by atoms with Crippen molar-refractivity contribution in [3.8, 4) is 0 Å². The number of ether oxygens (including phenoxy) is 1. The van der Waals surface area contributed by atoms with Gasteiger partial charge in [-0.3, -0.25) is 9.69 Å². The van der Waals surface area contributed by atoms with E-state index in [4.69, 9.17) is 4.74 Å². The van der Waals surface area contributed by atoms with E-state index in [2.05, 4.69) is 0 Å². The molecule has 5 heteroatoms. The quantitative estimate of drug-likeness (QED) is 0.651. The molecule has 1 aliphatic rings. The Kier molecular flexibility index (Phi) is 5.39. The molecule has 1 heterocycles. The maximum atomic E-state index is 12.2. The second kappa shape index (κ2) is 7.05. The lowest BCUT2D eigenvalue weighted by molar-refractivity contribution is -0.0240. The third-order valence-corrected chi connectivity index (χ3v) is 4.06. The summed E-state index contributed by atoms with van der Waals surface area (Å²) in [5.74, 6) is 0.0907. The van der Waals surface area contributed by atoms with Crippen LogP contribution in [0, 0.1) is 0 Å². The minimum absolute atomic E-state index is 0.0265. The number of carbonyl (C=O) groups is 1. The molecule has 1 aromatic rings. The zero-order chi connectivity index (χ0) is 13.7. The second-order valence-corrected chi connectivity index (χ2v) is 5.41. The van der Waals surface area contributed by atoms with Crippen molar-refractivity contribution in [3.05, 3.63) is 29.8 Å². The molecule has 0 saturated carbocycles. The smallest absolute Gasteiger partial charge is 0.176 e. The number of benzene rings is 1. The Balaban J connectivity index is 1.98. The van der Waals surface area contributed by atoms with E-state index in [0.29, 0.717) is 26.3 Å². The Bertz CT molecular complexity index is 421. The number of Topliss-reactive ketones (excluding diaryl/α,β-unsaturated/α-hetero) is 1. The Morgan fingerprint density at radius 3 is 2.84 bits per heavy atom. The minimum Gasteiger partial charge on any atom is -0.395 e. The highest BCUT2D eigenvalue weighted by Crippen LogP contribution is 2.16. The lowest BCUT2D eigenvalue weighted by Crippen LogP contribution is -2.49. The molecule has 1 fully saturated rings. The monoisotopic (exact) mass is 281 g/mol. The first-order valence-corrected chi connectivity index (χ1v) is 7.57. The summed E-state index contributed by atoms with van der Waals surface area (Å²) >= 11 is 1.66. The van der Waals surface area contributed by atoms with Crippen molar-refractivity contribution in [1.29, 1.82) is 0 Å². The van der Waals surface area contributed by atoms with Crippen molar-refractivity contribution in [2.75, 3.05) is 39.2 Å². The van der Waals surface area contributed by atoms with Crippen LogP contribution in [0.2, 0.25) is 0 Å². The van der Waals surface area contributed by atoms with E-state index in [1.807, 2.05) is 35.4 Å². The van der Waals surface area contributed by atoms with Gasteiger partial charge >= 0.3 is 0 Å². The lowest BCUT2D eigenvalue weighted by atomic mass is 10.1. The molecule has 1 unspecified atom stereocenters. The molecule has 1 aromatic carbocycles. The van der Waals surface area contributed by atoms with Crippen molar-refractivity contribution >= 4 is 17.5 Å². The van der Waals surface area contributed by atoms with Gasteiger partial charge in [0.25, 0.3) is 0 Å². The van der Waals surface area contributed by atoms with Crippen LogP contribution in [0.5, 0.6) is 0 Å². The summed E-state index contributed by atoms with van der Waals surface area (Å²) in [4.78, 5) is 15.3. The summed E-state index contributed by atoms with van der Waals surface area (Å²) in [5, 5.41) is 9.28. The van der Waals surface area contributed by atoms with Crippen LogP contribution in [0.4, 0.5) is 0 Å². The molecule has 1 aliphatic heterocycles. The Labute approximate surface area is 117 Å². The molecular formula is C14H19NO3S. The van der Waals surface area contributed by atoms with Gasteiger partial charge in [0.15, 0.2) is 5.78 Å². The van der Waals surface area contributed by atoms with E-state index in [9.17, 15) is 9.90 Å². The number of hydrogen-bond donors (Lipinski definition) is 1. The van der Waals surface area contributed by atoms with Crippen LogP contribution in [-0.2, 0) is 4.74 Å². The molecule has 19 heavy (non-hydrogen) atoms. The molecule has 0 aromatic heterocycles. The van der Waals surface area contributed by atoms with E-state index in [0.717, 1.165) is 10.5 Å². The van der Waals surface area contributed by atoms with Gasteiger partial charge in [-0.2, -0.15) is 0 Å². The number of aliphatic hydroxyl groups excluding tert-OH is 1.